The molecule has 3 aliphatic carbocycles. The van der Waals surface area contributed by atoms with Crippen LogP contribution in [0.4, 0.5) is 34.1 Å². The van der Waals surface area contributed by atoms with E-state index in [1.54, 1.807) is 0 Å². The van der Waals surface area contributed by atoms with Crippen LogP contribution in [0.5, 0.6) is 0 Å². The van der Waals surface area contributed by atoms with Crippen molar-refractivity contribution in [3.8, 4) is 77.9 Å². The van der Waals surface area contributed by atoms with Crippen LogP contribution in [-0.2, 0) is 16.2 Å². The minimum absolute atomic E-state index is 0.0288. The van der Waals surface area contributed by atoms with E-state index in [0.717, 1.165) is 34.1 Å². The number of benzene rings is 18. The minimum atomic E-state index is -0.397. The molecule has 0 heterocycles. The Bertz CT molecular complexity index is 6420. The third kappa shape index (κ3) is 11.6. The van der Waals surface area contributed by atoms with Gasteiger partial charge in [0.05, 0.1) is 10.8 Å². The lowest BCUT2D eigenvalue weighted by Gasteiger charge is -2.34. The van der Waals surface area contributed by atoms with Crippen molar-refractivity contribution in [3.05, 3.63) is 505 Å². The Morgan fingerprint density at radius 2 is 0.398 bits per heavy atom. The first-order chi connectivity index (χ1) is 55.8. The van der Waals surface area contributed by atoms with Crippen LogP contribution in [0, 0.1) is 0 Å². The molecule has 0 fully saturated rings. The van der Waals surface area contributed by atoms with E-state index in [-0.39, 0.29) is 5.41 Å². The smallest absolute Gasteiger partial charge is 0.0713 e. The van der Waals surface area contributed by atoms with Crippen LogP contribution in [0.25, 0.3) is 88.7 Å². The summed E-state index contributed by atoms with van der Waals surface area (Å²) in [5, 5.41) is 2.51. The van der Waals surface area contributed by atoms with Gasteiger partial charge in [-0.3, -0.25) is 0 Å². The van der Waals surface area contributed by atoms with E-state index in [0.29, 0.717) is 0 Å². The van der Waals surface area contributed by atoms with Gasteiger partial charge >= 0.3 is 0 Å². The van der Waals surface area contributed by atoms with Crippen molar-refractivity contribution in [2.24, 2.45) is 0 Å². The summed E-state index contributed by atoms with van der Waals surface area (Å²) in [4.78, 5) is 4.67. The summed E-state index contributed by atoms with van der Waals surface area (Å²) < 4.78 is 0. The van der Waals surface area contributed by atoms with Gasteiger partial charge in [0.1, 0.15) is 0 Å². The molecule has 21 rings (SSSR count). The predicted molar refractivity (Wildman–Crippen MR) is 474 cm³/mol. The fraction of sp³-hybridized carbons (Fsp3) is 0.0450. The van der Waals surface area contributed by atoms with Crippen LogP contribution in [-0.4, -0.2) is 0 Å². The summed E-state index contributed by atoms with van der Waals surface area (Å²) >= 11 is 0. The molecule has 3 aliphatic rings. The monoisotopic (exact) mass is 1440 g/mol. The van der Waals surface area contributed by atoms with Gasteiger partial charge in [-0.2, -0.15) is 0 Å². The highest BCUT2D eigenvalue weighted by Crippen LogP contribution is 2.59. The average molecular weight is 1440 g/mol. The van der Waals surface area contributed by atoms with E-state index < -0.39 is 10.8 Å². The zero-order chi connectivity index (χ0) is 75.5. The third-order valence-corrected chi connectivity index (χ3v) is 24.2. The lowest BCUT2D eigenvalue weighted by Crippen LogP contribution is -2.28. The highest BCUT2D eigenvalue weighted by molar-refractivity contribution is 5.92. The van der Waals surface area contributed by atoms with Crippen molar-refractivity contribution in [3.63, 3.8) is 0 Å². The Hall–Kier alpha value is -14.2. The van der Waals surface area contributed by atoms with Gasteiger partial charge in [-0.15, -0.1) is 0 Å². The second-order valence-electron chi connectivity index (χ2n) is 30.6. The van der Waals surface area contributed by atoms with Crippen molar-refractivity contribution < 1.29 is 0 Å². The van der Waals surface area contributed by atoms with E-state index in [4.69, 9.17) is 0 Å². The Morgan fingerprint density at radius 3 is 0.770 bits per heavy atom. The molecule has 0 amide bonds. The molecule has 534 valence electrons. The van der Waals surface area contributed by atoms with Gasteiger partial charge in [0.25, 0.3) is 0 Å². The molecule has 2 heteroatoms. The van der Waals surface area contributed by atoms with E-state index in [9.17, 15) is 0 Å². The fourth-order valence-corrected chi connectivity index (χ4v) is 18.8. The predicted octanol–water partition coefficient (Wildman–Crippen LogP) is 29.2. The summed E-state index contributed by atoms with van der Waals surface area (Å²) in [7, 11) is 0. The lowest BCUT2D eigenvalue weighted by atomic mass is 9.67. The zero-order valence-corrected chi connectivity index (χ0v) is 63.1. The maximum Gasteiger partial charge on any atom is 0.0713 e. The normalized spacial score (nSPS) is 13.3. The van der Waals surface area contributed by atoms with Gasteiger partial charge in [0.2, 0.25) is 0 Å². The largest absolute Gasteiger partial charge is 0.311 e. The van der Waals surface area contributed by atoms with E-state index >= 15 is 0 Å². The first-order valence-corrected chi connectivity index (χ1v) is 39.4. The average Bonchev–Trinajstić information content (AvgIpc) is 1.55. The molecule has 18 aromatic carbocycles. The second-order valence-corrected chi connectivity index (χ2v) is 30.6. The second kappa shape index (κ2) is 28.4. The van der Waals surface area contributed by atoms with E-state index in [1.165, 1.54) is 144 Å². The highest BCUT2D eigenvalue weighted by Gasteiger charge is 2.47. The number of hydrogen-bond donors (Lipinski definition) is 0. The van der Waals surface area contributed by atoms with Crippen molar-refractivity contribution in [2.75, 3.05) is 9.80 Å². The van der Waals surface area contributed by atoms with E-state index in [1.807, 2.05) is 0 Å². The summed E-state index contributed by atoms with van der Waals surface area (Å²) in [6, 6.07) is 164. The van der Waals surface area contributed by atoms with Crippen molar-refractivity contribution >= 4 is 44.9 Å². The molecule has 0 unspecified atom stereocenters. The van der Waals surface area contributed by atoms with Crippen LogP contribution >= 0.6 is 0 Å². The Labute approximate surface area is 662 Å². The minimum Gasteiger partial charge on any atom is -0.311 e. The third-order valence-electron chi connectivity index (χ3n) is 24.2. The van der Waals surface area contributed by atoms with Crippen molar-refractivity contribution in [1.29, 1.82) is 0 Å². The standard InChI is InChI=1S/C58H43N.C53H37N/c1-57(2)53-22-12-9-19-49(53)52-38-31-43(39-56(52)57)42-29-36-48(37-30-42)59(46-17-7-4-8-18-46)47-34-27-41(28-35-47)40-25-32-45(33-26-40)58(44-15-5-3-6-16-44)54-23-13-10-20-50(54)51-21-11-14-24-55(51)58;1-3-15-44(16-4-1)53(51-21-11-9-19-49(51)50-20-10-12-22-52(50)53)45-31-25-39(26-32-45)40-27-33-47(34-28-40)54(46-17-5-2-6-18-46)48-35-29-41(30-36-48)43-24-23-38-13-7-8-14-42(38)37-43/h3-39H,1-2H3;1-37H. The molecule has 0 aromatic heterocycles. The van der Waals surface area contributed by atoms with Crippen molar-refractivity contribution in [2.45, 2.75) is 30.1 Å². The summed E-state index contributed by atoms with van der Waals surface area (Å²) in [5.41, 5.74) is 36.7. The molecule has 2 nitrogen and oxygen atoms in total. The molecular weight excluding hydrogens is 1360 g/mol. The first-order valence-electron chi connectivity index (χ1n) is 39.4. The highest BCUT2D eigenvalue weighted by atomic mass is 15.1. The molecule has 0 radical (unpaired) electrons. The van der Waals surface area contributed by atoms with E-state index in [2.05, 4.69) is 473 Å². The molecule has 0 atom stereocenters. The number of nitrogens with zero attached hydrogens (tertiary/aromatic N) is 2. The quantitative estimate of drug-likeness (QED) is 0.107. The summed E-state index contributed by atoms with van der Waals surface area (Å²) in [5.74, 6) is 0. The SMILES string of the molecule is CC1(C)c2ccccc2-c2ccc(-c3ccc(N(c4ccccc4)c4ccc(-c5ccc(C6(c7ccccc7)c7ccccc7-c7ccccc76)cc5)cc4)cc3)cc21.c1ccc(N(c2ccc(-c3ccc(C4(c5ccccc5)c5ccccc5-c5ccccc54)cc3)cc2)c2ccc(-c3ccc4ccccc4c3)cc2)cc1. The van der Waals surface area contributed by atoms with Crippen LogP contribution in [0.15, 0.2) is 449 Å². The number of fused-ring (bicyclic) bond motifs is 10. The molecule has 0 aliphatic heterocycles. The van der Waals surface area contributed by atoms with Crippen LogP contribution < -0.4 is 9.80 Å². The van der Waals surface area contributed by atoms with Gasteiger partial charge in [0.15, 0.2) is 0 Å². The number of anilines is 6. The summed E-state index contributed by atoms with van der Waals surface area (Å²) in [6.45, 7) is 4.69. The van der Waals surface area contributed by atoms with Gasteiger partial charge in [0, 0.05) is 39.5 Å². The molecule has 0 N–H and O–H groups in total. The summed E-state index contributed by atoms with van der Waals surface area (Å²) in [6.07, 6.45) is 0. The molecule has 0 spiro atoms. The van der Waals surface area contributed by atoms with Crippen LogP contribution in [0.1, 0.15) is 69.5 Å². The molecule has 0 saturated heterocycles. The van der Waals surface area contributed by atoms with Crippen molar-refractivity contribution in [1.82, 2.24) is 0 Å². The maximum atomic E-state index is 2.40. The van der Waals surface area contributed by atoms with Gasteiger partial charge in [-0.25, -0.2) is 0 Å². The van der Waals surface area contributed by atoms with Crippen LogP contribution in [0.3, 0.4) is 0 Å². The maximum absolute atomic E-state index is 2.40. The first kappa shape index (κ1) is 68.1. The molecule has 0 saturated carbocycles. The number of hydrogen-bond acceptors (Lipinski definition) is 2. The van der Waals surface area contributed by atoms with Gasteiger partial charge < -0.3 is 9.80 Å². The Kier molecular flexibility index (Phi) is 17.1. The van der Waals surface area contributed by atoms with Crippen LogP contribution in [0.2, 0.25) is 0 Å². The number of rotatable bonds is 14. The molecule has 113 heavy (non-hydrogen) atoms. The number of para-hydroxylation sites is 2. The topological polar surface area (TPSA) is 6.48 Å². The Balaban J connectivity index is 0.000000147. The zero-order valence-electron chi connectivity index (χ0n) is 63.1. The molecule has 0 bridgehead atoms. The fourth-order valence-electron chi connectivity index (χ4n) is 18.8. The lowest BCUT2D eigenvalue weighted by molar-refractivity contribution is 0.660. The molecular formula is C111H80N2. The Morgan fingerprint density at radius 1 is 0.159 bits per heavy atom. The van der Waals surface area contributed by atoms with Gasteiger partial charge in [-0.05, 0) is 229 Å². The van der Waals surface area contributed by atoms with Gasteiger partial charge in [-0.1, -0.05) is 378 Å². The molecule has 18 aromatic rings.